The Labute approximate surface area is 84.7 Å². The summed E-state index contributed by atoms with van der Waals surface area (Å²) in [6.07, 6.45) is 3.70. The SMILES string of the molecule is CCCCc1ccc2oc(C)cc2c1. The van der Waals surface area contributed by atoms with E-state index in [4.69, 9.17) is 4.42 Å². The van der Waals surface area contributed by atoms with E-state index in [1.807, 2.05) is 6.92 Å². The predicted octanol–water partition coefficient (Wildman–Crippen LogP) is 4.08. The molecule has 0 bridgehead atoms. The number of fused-ring (bicyclic) bond motifs is 1. The van der Waals surface area contributed by atoms with Gasteiger partial charge in [-0.05, 0) is 43.5 Å². The molecule has 2 rings (SSSR count). The second-order valence-electron chi connectivity index (χ2n) is 3.83. The monoisotopic (exact) mass is 188 g/mol. The zero-order valence-corrected chi connectivity index (χ0v) is 8.84. The van der Waals surface area contributed by atoms with Crippen molar-refractivity contribution in [3.63, 3.8) is 0 Å². The lowest BCUT2D eigenvalue weighted by Crippen LogP contribution is -1.82. The maximum absolute atomic E-state index is 5.53. The molecule has 1 aromatic heterocycles. The first kappa shape index (κ1) is 9.32. The van der Waals surface area contributed by atoms with Crippen LogP contribution in [0.3, 0.4) is 0 Å². The Morgan fingerprint density at radius 3 is 2.86 bits per heavy atom. The first-order valence-corrected chi connectivity index (χ1v) is 5.28. The third-order valence-electron chi connectivity index (χ3n) is 2.52. The van der Waals surface area contributed by atoms with Gasteiger partial charge in [-0.3, -0.25) is 0 Å². The van der Waals surface area contributed by atoms with Gasteiger partial charge in [0.25, 0.3) is 0 Å². The highest BCUT2D eigenvalue weighted by molar-refractivity contribution is 5.78. The van der Waals surface area contributed by atoms with Gasteiger partial charge in [0.15, 0.2) is 0 Å². The molecule has 1 heterocycles. The van der Waals surface area contributed by atoms with Crippen LogP contribution in [0.15, 0.2) is 28.7 Å². The highest BCUT2D eigenvalue weighted by atomic mass is 16.3. The van der Waals surface area contributed by atoms with Crippen LogP contribution in [0.2, 0.25) is 0 Å². The van der Waals surface area contributed by atoms with E-state index in [1.54, 1.807) is 0 Å². The summed E-state index contributed by atoms with van der Waals surface area (Å²) < 4.78 is 5.53. The minimum Gasteiger partial charge on any atom is -0.461 e. The molecular weight excluding hydrogens is 172 g/mol. The van der Waals surface area contributed by atoms with Crippen LogP contribution >= 0.6 is 0 Å². The number of rotatable bonds is 3. The van der Waals surface area contributed by atoms with E-state index in [9.17, 15) is 0 Å². The lowest BCUT2D eigenvalue weighted by molar-refractivity contribution is 0.578. The molecule has 0 aliphatic carbocycles. The number of benzene rings is 1. The Balaban J connectivity index is 2.31. The van der Waals surface area contributed by atoms with Crippen molar-refractivity contribution >= 4 is 11.0 Å². The van der Waals surface area contributed by atoms with Crippen molar-refractivity contribution < 1.29 is 4.42 Å². The molecule has 0 atom stereocenters. The average Bonchev–Trinajstić information content (AvgIpc) is 2.54. The fourth-order valence-corrected chi connectivity index (χ4v) is 1.76. The van der Waals surface area contributed by atoms with Crippen molar-refractivity contribution in [2.75, 3.05) is 0 Å². The zero-order valence-electron chi connectivity index (χ0n) is 8.84. The average molecular weight is 188 g/mol. The minimum absolute atomic E-state index is 0.993. The summed E-state index contributed by atoms with van der Waals surface area (Å²) in [5.41, 5.74) is 2.42. The maximum Gasteiger partial charge on any atom is 0.134 e. The lowest BCUT2D eigenvalue weighted by atomic mass is 10.1. The fourth-order valence-electron chi connectivity index (χ4n) is 1.76. The standard InChI is InChI=1S/C13H16O/c1-3-4-5-11-6-7-13-12(9-11)8-10(2)14-13/h6-9H,3-5H2,1-2H3. The third-order valence-corrected chi connectivity index (χ3v) is 2.52. The van der Waals surface area contributed by atoms with Gasteiger partial charge in [-0.1, -0.05) is 19.4 Å². The summed E-state index contributed by atoms with van der Waals surface area (Å²) in [5, 5.41) is 1.23. The Bertz CT molecular complexity index is 426. The molecule has 0 aliphatic rings. The number of aryl methyl sites for hydroxylation is 2. The van der Waals surface area contributed by atoms with Crippen molar-refractivity contribution in [2.24, 2.45) is 0 Å². The molecule has 0 fully saturated rings. The van der Waals surface area contributed by atoms with E-state index in [-0.39, 0.29) is 0 Å². The molecule has 0 radical (unpaired) electrons. The largest absolute Gasteiger partial charge is 0.461 e. The smallest absolute Gasteiger partial charge is 0.134 e. The second-order valence-corrected chi connectivity index (χ2v) is 3.83. The van der Waals surface area contributed by atoms with Crippen LogP contribution in [0.1, 0.15) is 31.1 Å². The highest BCUT2D eigenvalue weighted by Crippen LogP contribution is 2.20. The van der Waals surface area contributed by atoms with Gasteiger partial charge >= 0.3 is 0 Å². The third kappa shape index (κ3) is 1.82. The Morgan fingerprint density at radius 2 is 2.07 bits per heavy atom. The first-order chi connectivity index (χ1) is 6.79. The van der Waals surface area contributed by atoms with Crippen LogP contribution in [-0.4, -0.2) is 0 Å². The molecule has 0 saturated heterocycles. The van der Waals surface area contributed by atoms with Crippen molar-refractivity contribution in [3.8, 4) is 0 Å². The van der Waals surface area contributed by atoms with Crippen LogP contribution in [0.25, 0.3) is 11.0 Å². The van der Waals surface area contributed by atoms with Gasteiger partial charge in [0.1, 0.15) is 11.3 Å². The zero-order chi connectivity index (χ0) is 9.97. The van der Waals surface area contributed by atoms with E-state index < -0.39 is 0 Å². The molecule has 0 N–H and O–H groups in total. The van der Waals surface area contributed by atoms with Gasteiger partial charge in [-0.2, -0.15) is 0 Å². The topological polar surface area (TPSA) is 13.1 Å². The molecule has 14 heavy (non-hydrogen) atoms. The van der Waals surface area contributed by atoms with Crippen LogP contribution in [0.4, 0.5) is 0 Å². The van der Waals surface area contributed by atoms with Gasteiger partial charge in [-0.25, -0.2) is 0 Å². The van der Waals surface area contributed by atoms with Gasteiger partial charge in [0.05, 0.1) is 0 Å². The van der Waals surface area contributed by atoms with Crippen molar-refractivity contribution in [2.45, 2.75) is 33.1 Å². The highest BCUT2D eigenvalue weighted by Gasteiger charge is 2.00. The van der Waals surface area contributed by atoms with Crippen LogP contribution in [0, 0.1) is 6.92 Å². The first-order valence-electron chi connectivity index (χ1n) is 5.28. The normalized spacial score (nSPS) is 11.0. The number of unbranched alkanes of at least 4 members (excludes halogenated alkanes) is 1. The summed E-state index contributed by atoms with van der Waals surface area (Å²) in [7, 11) is 0. The maximum atomic E-state index is 5.53. The predicted molar refractivity (Wildman–Crippen MR) is 59.6 cm³/mol. The van der Waals surface area contributed by atoms with E-state index >= 15 is 0 Å². The molecule has 0 unspecified atom stereocenters. The van der Waals surface area contributed by atoms with E-state index in [2.05, 4.69) is 31.2 Å². The van der Waals surface area contributed by atoms with E-state index in [0.717, 1.165) is 11.3 Å². The van der Waals surface area contributed by atoms with Gasteiger partial charge in [-0.15, -0.1) is 0 Å². The molecule has 1 aromatic carbocycles. The Morgan fingerprint density at radius 1 is 1.21 bits per heavy atom. The number of furan rings is 1. The van der Waals surface area contributed by atoms with Gasteiger partial charge < -0.3 is 4.42 Å². The van der Waals surface area contributed by atoms with Crippen LogP contribution < -0.4 is 0 Å². The van der Waals surface area contributed by atoms with E-state index in [0.29, 0.717) is 0 Å². The summed E-state index contributed by atoms with van der Waals surface area (Å²) in [6.45, 7) is 4.21. The quantitative estimate of drug-likeness (QED) is 0.707. The Hall–Kier alpha value is -1.24. The molecule has 2 aromatic rings. The number of hydrogen-bond donors (Lipinski definition) is 0. The molecular formula is C13H16O. The summed E-state index contributed by atoms with van der Waals surface area (Å²) in [5.74, 6) is 0.993. The molecule has 74 valence electrons. The molecule has 1 heteroatoms. The van der Waals surface area contributed by atoms with Crippen molar-refractivity contribution in [1.29, 1.82) is 0 Å². The van der Waals surface area contributed by atoms with Crippen LogP contribution in [-0.2, 0) is 6.42 Å². The molecule has 0 amide bonds. The molecule has 0 aliphatic heterocycles. The molecule has 0 saturated carbocycles. The second kappa shape index (κ2) is 3.87. The summed E-state index contributed by atoms with van der Waals surface area (Å²) in [4.78, 5) is 0. The van der Waals surface area contributed by atoms with Crippen molar-refractivity contribution in [3.05, 3.63) is 35.6 Å². The fraction of sp³-hybridized carbons (Fsp3) is 0.385. The van der Waals surface area contributed by atoms with Gasteiger partial charge in [0, 0.05) is 5.39 Å². The molecule has 1 nitrogen and oxygen atoms in total. The number of hydrogen-bond acceptors (Lipinski definition) is 1. The Kier molecular flexibility index (Phi) is 2.58. The summed E-state index contributed by atoms with van der Waals surface area (Å²) >= 11 is 0. The molecule has 0 spiro atoms. The lowest BCUT2D eigenvalue weighted by Gasteiger charge is -1.98. The van der Waals surface area contributed by atoms with Gasteiger partial charge in [0.2, 0.25) is 0 Å². The van der Waals surface area contributed by atoms with Crippen molar-refractivity contribution in [1.82, 2.24) is 0 Å². The van der Waals surface area contributed by atoms with Crippen LogP contribution in [0.5, 0.6) is 0 Å². The van der Waals surface area contributed by atoms with E-state index in [1.165, 1.54) is 30.2 Å². The minimum atomic E-state index is 0.993. The summed E-state index contributed by atoms with van der Waals surface area (Å²) in [6, 6.07) is 8.58.